The van der Waals surface area contributed by atoms with Crippen molar-refractivity contribution in [2.75, 3.05) is 26.9 Å². The summed E-state index contributed by atoms with van der Waals surface area (Å²) in [6.45, 7) is 6.68. The van der Waals surface area contributed by atoms with Crippen LogP contribution in [0.3, 0.4) is 0 Å². The standard InChI is InChI=1S/C13H25NO5/c1-5-6-18-12(15)11(9-10(2)3)14-13(16)19-8-7-17-4/h10-11H,5-9H2,1-4H3,(H,14,16). The van der Waals surface area contributed by atoms with E-state index in [1.807, 2.05) is 20.8 Å². The number of carbonyl (C=O) groups is 2. The number of methoxy groups -OCH3 is 1. The fraction of sp³-hybridized carbons (Fsp3) is 0.846. The molecule has 0 fully saturated rings. The van der Waals surface area contributed by atoms with Gasteiger partial charge >= 0.3 is 12.1 Å². The molecule has 0 aliphatic heterocycles. The first-order valence-corrected chi connectivity index (χ1v) is 6.60. The second-order valence-corrected chi connectivity index (χ2v) is 4.62. The van der Waals surface area contributed by atoms with Gasteiger partial charge < -0.3 is 19.5 Å². The summed E-state index contributed by atoms with van der Waals surface area (Å²) in [4.78, 5) is 23.3. The lowest BCUT2D eigenvalue weighted by molar-refractivity contribution is -0.146. The number of nitrogens with one attached hydrogen (secondary N) is 1. The van der Waals surface area contributed by atoms with Crippen LogP contribution in [0.4, 0.5) is 4.79 Å². The molecule has 0 heterocycles. The van der Waals surface area contributed by atoms with Crippen molar-refractivity contribution >= 4 is 12.1 Å². The summed E-state index contributed by atoms with van der Waals surface area (Å²) in [5, 5.41) is 2.52. The third kappa shape index (κ3) is 9.30. The summed E-state index contributed by atoms with van der Waals surface area (Å²) in [5.41, 5.74) is 0. The molecule has 0 aromatic carbocycles. The Labute approximate surface area is 114 Å². The summed E-state index contributed by atoms with van der Waals surface area (Å²) >= 11 is 0. The van der Waals surface area contributed by atoms with Crippen LogP contribution in [-0.4, -0.2) is 45.0 Å². The maximum absolute atomic E-state index is 11.8. The van der Waals surface area contributed by atoms with E-state index in [9.17, 15) is 9.59 Å². The monoisotopic (exact) mass is 275 g/mol. The van der Waals surface area contributed by atoms with Gasteiger partial charge in [-0.2, -0.15) is 0 Å². The number of alkyl carbamates (subject to hydrolysis) is 1. The summed E-state index contributed by atoms with van der Waals surface area (Å²) in [6.07, 6.45) is 0.636. The van der Waals surface area contributed by atoms with Gasteiger partial charge in [0.2, 0.25) is 0 Å². The molecule has 1 unspecified atom stereocenters. The highest BCUT2D eigenvalue weighted by atomic mass is 16.6. The van der Waals surface area contributed by atoms with E-state index in [0.717, 1.165) is 6.42 Å². The van der Waals surface area contributed by atoms with Crippen LogP contribution < -0.4 is 5.32 Å². The van der Waals surface area contributed by atoms with E-state index in [1.54, 1.807) is 0 Å². The van der Waals surface area contributed by atoms with Crippen molar-refractivity contribution in [2.45, 2.75) is 39.7 Å². The average Bonchev–Trinajstić information content (AvgIpc) is 2.35. The van der Waals surface area contributed by atoms with Crippen LogP contribution >= 0.6 is 0 Å². The lowest BCUT2D eigenvalue weighted by atomic mass is 10.0. The Morgan fingerprint density at radius 3 is 2.32 bits per heavy atom. The highest BCUT2D eigenvalue weighted by molar-refractivity contribution is 5.81. The molecular formula is C13H25NO5. The summed E-state index contributed by atoms with van der Waals surface area (Å²) in [6, 6.07) is -0.665. The fourth-order valence-corrected chi connectivity index (χ4v) is 1.39. The SMILES string of the molecule is CCCOC(=O)C(CC(C)C)NC(=O)OCCOC. The molecule has 0 spiro atoms. The van der Waals surface area contributed by atoms with Crippen molar-refractivity contribution in [1.82, 2.24) is 5.32 Å². The highest BCUT2D eigenvalue weighted by Gasteiger charge is 2.23. The minimum absolute atomic E-state index is 0.154. The van der Waals surface area contributed by atoms with Gasteiger partial charge in [0.15, 0.2) is 0 Å². The van der Waals surface area contributed by atoms with Crippen molar-refractivity contribution in [3.63, 3.8) is 0 Å². The van der Waals surface area contributed by atoms with Crippen LogP contribution in [0.5, 0.6) is 0 Å². The summed E-state index contributed by atoms with van der Waals surface area (Å²) in [7, 11) is 1.52. The van der Waals surface area contributed by atoms with Crippen molar-refractivity contribution in [3.8, 4) is 0 Å². The van der Waals surface area contributed by atoms with Crippen LogP contribution in [0.15, 0.2) is 0 Å². The molecule has 6 nitrogen and oxygen atoms in total. The van der Waals surface area contributed by atoms with Gasteiger partial charge in [0.1, 0.15) is 12.6 Å². The number of hydrogen-bond donors (Lipinski definition) is 1. The van der Waals surface area contributed by atoms with Gasteiger partial charge in [-0.25, -0.2) is 9.59 Å². The van der Waals surface area contributed by atoms with Crippen LogP contribution in [0.1, 0.15) is 33.6 Å². The first kappa shape index (κ1) is 17.7. The van der Waals surface area contributed by atoms with Crippen LogP contribution in [-0.2, 0) is 19.0 Å². The van der Waals surface area contributed by atoms with Gasteiger partial charge in [-0.15, -0.1) is 0 Å². The molecule has 0 rings (SSSR count). The van der Waals surface area contributed by atoms with Crippen molar-refractivity contribution in [3.05, 3.63) is 0 Å². The number of hydrogen-bond acceptors (Lipinski definition) is 5. The maximum atomic E-state index is 11.8. The topological polar surface area (TPSA) is 73.9 Å². The Morgan fingerprint density at radius 1 is 1.11 bits per heavy atom. The highest BCUT2D eigenvalue weighted by Crippen LogP contribution is 2.07. The smallest absolute Gasteiger partial charge is 0.407 e. The van der Waals surface area contributed by atoms with Crippen molar-refractivity contribution < 1.29 is 23.8 Å². The molecule has 1 N–H and O–H groups in total. The molecule has 1 amide bonds. The molecule has 0 saturated carbocycles. The van der Waals surface area contributed by atoms with Gasteiger partial charge in [-0.05, 0) is 18.8 Å². The largest absolute Gasteiger partial charge is 0.464 e. The van der Waals surface area contributed by atoms with Crippen molar-refractivity contribution in [1.29, 1.82) is 0 Å². The number of amides is 1. The normalized spacial score (nSPS) is 12.1. The van der Waals surface area contributed by atoms with E-state index in [-0.39, 0.29) is 12.5 Å². The predicted octanol–water partition coefficient (Wildman–Crippen LogP) is 1.73. The van der Waals surface area contributed by atoms with E-state index in [4.69, 9.17) is 14.2 Å². The molecule has 0 aliphatic carbocycles. The third-order valence-corrected chi connectivity index (χ3v) is 2.25. The molecular weight excluding hydrogens is 250 g/mol. The second kappa shape index (κ2) is 10.6. The zero-order valence-electron chi connectivity index (χ0n) is 12.2. The van der Waals surface area contributed by atoms with Crippen LogP contribution in [0, 0.1) is 5.92 Å². The minimum atomic E-state index is -0.665. The van der Waals surface area contributed by atoms with E-state index in [2.05, 4.69) is 5.32 Å². The molecule has 112 valence electrons. The molecule has 0 bridgehead atoms. The zero-order valence-corrected chi connectivity index (χ0v) is 12.2. The van der Waals surface area contributed by atoms with Crippen molar-refractivity contribution in [2.24, 2.45) is 5.92 Å². The van der Waals surface area contributed by atoms with Gasteiger partial charge in [0.05, 0.1) is 13.2 Å². The van der Waals surface area contributed by atoms with Crippen LogP contribution in [0.25, 0.3) is 0 Å². The Morgan fingerprint density at radius 2 is 1.79 bits per heavy atom. The Hall–Kier alpha value is -1.30. The first-order valence-electron chi connectivity index (χ1n) is 6.60. The zero-order chi connectivity index (χ0) is 14.7. The quantitative estimate of drug-likeness (QED) is 0.512. The number of ether oxygens (including phenoxy) is 3. The van der Waals surface area contributed by atoms with Gasteiger partial charge in [0.25, 0.3) is 0 Å². The molecule has 19 heavy (non-hydrogen) atoms. The Balaban J connectivity index is 4.25. The fourth-order valence-electron chi connectivity index (χ4n) is 1.39. The summed E-state index contributed by atoms with van der Waals surface area (Å²) in [5.74, 6) is -0.155. The van der Waals surface area contributed by atoms with E-state index >= 15 is 0 Å². The van der Waals surface area contributed by atoms with E-state index in [0.29, 0.717) is 19.6 Å². The summed E-state index contributed by atoms with van der Waals surface area (Å²) < 4.78 is 14.7. The predicted molar refractivity (Wildman–Crippen MR) is 70.9 cm³/mol. The van der Waals surface area contributed by atoms with E-state index < -0.39 is 18.1 Å². The Bertz CT molecular complexity index is 268. The number of carbonyl (C=O) groups excluding carboxylic acids is 2. The van der Waals surface area contributed by atoms with Gasteiger partial charge in [0, 0.05) is 7.11 Å². The molecule has 1 atom stereocenters. The first-order chi connectivity index (χ1) is 9.01. The maximum Gasteiger partial charge on any atom is 0.407 e. The molecule has 0 aromatic rings. The average molecular weight is 275 g/mol. The van der Waals surface area contributed by atoms with Crippen LogP contribution in [0.2, 0.25) is 0 Å². The lowest BCUT2D eigenvalue weighted by Crippen LogP contribution is -2.43. The van der Waals surface area contributed by atoms with E-state index in [1.165, 1.54) is 7.11 Å². The molecule has 6 heteroatoms. The number of rotatable bonds is 9. The minimum Gasteiger partial charge on any atom is -0.464 e. The molecule has 0 aliphatic rings. The van der Waals surface area contributed by atoms with Gasteiger partial charge in [-0.1, -0.05) is 20.8 Å². The second-order valence-electron chi connectivity index (χ2n) is 4.62. The number of esters is 1. The molecule has 0 radical (unpaired) electrons. The third-order valence-electron chi connectivity index (χ3n) is 2.25. The lowest BCUT2D eigenvalue weighted by Gasteiger charge is -2.19. The molecule has 0 saturated heterocycles. The molecule has 0 aromatic heterocycles. The Kier molecular flexibility index (Phi) is 9.88. The van der Waals surface area contributed by atoms with Gasteiger partial charge in [-0.3, -0.25) is 0 Å².